The number of carbonyl (C=O) groups is 1. The van der Waals surface area contributed by atoms with E-state index in [4.69, 9.17) is 0 Å². The van der Waals surface area contributed by atoms with E-state index in [1.165, 1.54) is 12.1 Å². The van der Waals surface area contributed by atoms with Crippen LogP contribution in [0.2, 0.25) is 0 Å². The maximum Gasteiger partial charge on any atom is 0.323 e. The molecule has 0 saturated heterocycles. The average molecular weight is 287 g/mol. The van der Waals surface area contributed by atoms with Crippen molar-refractivity contribution in [1.82, 2.24) is 0 Å². The zero-order valence-electron chi connectivity index (χ0n) is 10.8. The first kappa shape index (κ1) is 15.5. The average Bonchev–Trinajstić information content (AvgIpc) is 2.27. The monoisotopic (exact) mass is 287 g/mol. The van der Waals surface area contributed by atoms with Crippen molar-refractivity contribution in [3.05, 3.63) is 29.8 Å². The number of sulfonamides is 1. The van der Waals surface area contributed by atoms with Crippen molar-refractivity contribution in [2.45, 2.75) is 20.0 Å². The van der Waals surface area contributed by atoms with Gasteiger partial charge in [-0.25, -0.2) is 8.42 Å². The quantitative estimate of drug-likeness (QED) is 0.763. The van der Waals surface area contributed by atoms with Gasteiger partial charge < -0.3 is 9.84 Å². The van der Waals surface area contributed by atoms with E-state index in [2.05, 4.69) is 9.46 Å². The Kier molecular flexibility index (Phi) is 5.31. The first-order valence-electron chi connectivity index (χ1n) is 5.78. The molecule has 0 aromatic heterocycles. The van der Waals surface area contributed by atoms with Gasteiger partial charge >= 0.3 is 5.97 Å². The van der Waals surface area contributed by atoms with Gasteiger partial charge in [0.05, 0.1) is 12.7 Å². The zero-order valence-corrected chi connectivity index (χ0v) is 11.6. The van der Waals surface area contributed by atoms with Crippen LogP contribution in [0.25, 0.3) is 0 Å². The van der Waals surface area contributed by atoms with E-state index < -0.39 is 27.8 Å². The summed E-state index contributed by atoms with van der Waals surface area (Å²) in [6.45, 7) is 3.31. The molecule has 0 aliphatic rings. The molecular weight excluding hydrogens is 270 g/mol. The molecule has 0 spiro atoms. The molecule has 0 saturated carbocycles. The van der Waals surface area contributed by atoms with E-state index in [9.17, 15) is 18.3 Å². The fourth-order valence-electron chi connectivity index (χ4n) is 1.44. The van der Waals surface area contributed by atoms with Crippen LogP contribution in [0.3, 0.4) is 0 Å². The van der Waals surface area contributed by atoms with Gasteiger partial charge in [-0.15, -0.1) is 0 Å². The highest BCUT2D eigenvalue weighted by Gasteiger charge is 2.17. The molecule has 0 fully saturated rings. The Labute approximate surface area is 112 Å². The predicted octanol–water partition coefficient (Wildman–Crippen LogP) is 1.04. The van der Waals surface area contributed by atoms with Crippen molar-refractivity contribution < 1.29 is 23.1 Å². The molecule has 0 amide bonds. The summed E-state index contributed by atoms with van der Waals surface area (Å²) >= 11 is 0. The molecule has 19 heavy (non-hydrogen) atoms. The number of carbonyl (C=O) groups excluding carboxylic acids is 1. The van der Waals surface area contributed by atoms with Crippen molar-refractivity contribution in [1.29, 1.82) is 0 Å². The summed E-state index contributed by atoms with van der Waals surface area (Å²) in [5.41, 5.74) is 0.874. The van der Waals surface area contributed by atoms with Gasteiger partial charge in [-0.05, 0) is 31.5 Å². The van der Waals surface area contributed by atoms with Crippen LogP contribution in [0.5, 0.6) is 0 Å². The molecule has 0 heterocycles. The smallest absolute Gasteiger partial charge is 0.323 e. The second-order valence-electron chi connectivity index (χ2n) is 3.97. The maximum absolute atomic E-state index is 11.7. The van der Waals surface area contributed by atoms with Gasteiger partial charge in [-0.1, -0.05) is 12.1 Å². The highest BCUT2D eigenvalue weighted by atomic mass is 32.2. The standard InChI is InChI=1S/C12H17NO5S/c1-3-18-12(15)8-19(16,17)13-11-6-4-5-10(7-11)9(2)14/h4-7,9,13-14H,3,8H2,1-2H3. The highest BCUT2D eigenvalue weighted by molar-refractivity contribution is 7.93. The first-order chi connectivity index (χ1) is 8.84. The number of ether oxygens (including phenoxy) is 1. The number of aliphatic hydroxyl groups excluding tert-OH is 1. The molecule has 1 rings (SSSR count). The summed E-state index contributed by atoms with van der Waals surface area (Å²) in [7, 11) is -3.80. The van der Waals surface area contributed by atoms with Crippen LogP contribution >= 0.6 is 0 Å². The van der Waals surface area contributed by atoms with E-state index in [0.717, 1.165) is 0 Å². The third-order valence-corrected chi connectivity index (χ3v) is 3.42. The largest absolute Gasteiger partial charge is 0.465 e. The van der Waals surface area contributed by atoms with Gasteiger partial charge in [0.15, 0.2) is 5.75 Å². The minimum absolute atomic E-state index is 0.131. The molecular formula is C12H17NO5S. The summed E-state index contributed by atoms with van der Waals surface area (Å²) in [4.78, 5) is 11.1. The lowest BCUT2D eigenvalue weighted by Crippen LogP contribution is -2.24. The number of hydrogen-bond acceptors (Lipinski definition) is 5. The lowest BCUT2D eigenvalue weighted by Gasteiger charge is -2.10. The number of anilines is 1. The van der Waals surface area contributed by atoms with Crippen LogP contribution in [-0.4, -0.2) is 31.9 Å². The van der Waals surface area contributed by atoms with Crippen molar-refractivity contribution in [2.75, 3.05) is 17.1 Å². The Morgan fingerprint density at radius 3 is 2.74 bits per heavy atom. The second-order valence-corrected chi connectivity index (χ2v) is 5.69. The minimum Gasteiger partial charge on any atom is -0.465 e. The maximum atomic E-state index is 11.7. The molecule has 2 N–H and O–H groups in total. The van der Waals surface area contributed by atoms with E-state index in [0.29, 0.717) is 11.3 Å². The van der Waals surface area contributed by atoms with E-state index in [1.807, 2.05) is 0 Å². The number of benzene rings is 1. The fourth-order valence-corrected chi connectivity index (χ4v) is 2.39. The number of rotatable bonds is 6. The van der Waals surface area contributed by atoms with Gasteiger partial charge in [0.2, 0.25) is 10.0 Å². The van der Waals surface area contributed by atoms with Crippen LogP contribution in [-0.2, 0) is 19.6 Å². The predicted molar refractivity (Wildman–Crippen MR) is 71.1 cm³/mol. The van der Waals surface area contributed by atoms with Crippen LogP contribution in [0.4, 0.5) is 5.69 Å². The number of nitrogens with one attached hydrogen (secondary N) is 1. The summed E-state index contributed by atoms with van der Waals surface area (Å²) in [5, 5.41) is 9.41. The number of esters is 1. The van der Waals surface area contributed by atoms with E-state index >= 15 is 0 Å². The second kappa shape index (κ2) is 6.53. The van der Waals surface area contributed by atoms with Crippen LogP contribution in [0, 0.1) is 0 Å². The molecule has 6 nitrogen and oxygen atoms in total. The van der Waals surface area contributed by atoms with Crippen molar-refractivity contribution in [3.8, 4) is 0 Å². The molecule has 1 aromatic carbocycles. The molecule has 0 radical (unpaired) electrons. The van der Waals surface area contributed by atoms with E-state index in [1.54, 1.807) is 26.0 Å². The lowest BCUT2D eigenvalue weighted by molar-refractivity contribution is -0.139. The Morgan fingerprint density at radius 1 is 1.47 bits per heavy atom. The van der Waals surface area contributed by atoms with Gasteiger partial charge in [0, 0.05) is 5.69 Å². The van der Waals surface area contributed by atoms with Crippen molar-refractivity contribution in [2.24, 2.45) is 0 Å². The van der Waals surface area contributed by atoms with Crippen molar-refractivity contribution in [3.63, 3.8) is 0 Å². The molecule has 1 aromatic rings. The molecule has 106 valence electrons. The third-order valence-electron chi connectivity index (χ3n) is 2.26. The normalized spacial score (nSPS) is 12.8. The van der Waals surface area contributed by atoms with Gasteiger partial charge in [0.25, 0.3) is 0 Å². The molecule has 0 aliphatic heterocycles. The highest BCUT2D eigenvalue weighted by Crippen LogP contribution is 2.17. The summed E-state index contributed by atoms with van der Waals surface area (Å²) in [6.07, 6.45) is -0.700. The zero-order chi connectivity index (χ0) is 14.5. The van der Waals surface area contributed by atoms with Crippen LogP contribution in [0.1, 0.15) is 25.5 Å². The molecule has 0 bridgehead atoms. The first-order valence-corrected chi connectivity index (χ1v) is 7.43. The molecule has 1 atom stereocenters. The van der Waals surface area contributed by atoms with Crippen LogP contribution in [0.15, 0.2) is 24.3 Å². The summed E-state index contributed by atoms with van der Waals surface area (Å²) in [5.74, 6) is -1.54. The summed E-state index contributed by atoms with van der Waals surface area (Å²) in [6, 6.07) is 6.33. The molecule has 7 heteroatoms. The Hall–Kier alpha value is -1.60. The Morgan fingerprint density at radius 2 is 2.16 bits per heavy atom. The molecule has 0 aliphatic carbocycles. The Balaban J connectivity index is 2.78. The van der Waals surface area contributed by atoms with Gasteiger partial charge in [0.1, 0.15) is 0 Å². The number of aliphatic hydroxyl groups is 1. The summed E-state index contributed by atoms with van der Waals surface area (Å²) < 4.78 is 30.2. The fraction of sp³-hybridized carbons (Fsp3) is 0.417. The SMILES string of the molecule is CCOC(=O)CS(=O)(=O)Nc1cccc(C(C)O)c1. The lowest BCUT2D eigenvalue weighted by atomic mass is 10.1. The van der Waals surface area contributed by atoms with Crippen LogP contribution < -0.4 is 4.72 Å². The van der Waals surface area contributed by atoms with E-state index in [-0.39, 0.29) is 6.61 Å². The third kappa shape index (κ3) is 5.27. The Bertz CT molecular complexity index is 539. The molecule has 1 unspecified atom stereocenters. The van der Waals surface area contributed by atoms with Gasteiger partial charge in [-0.3, -0.25) is 9.52 Å². The van der Waals surface area contributed by atoms with Crippen molar-refractivity contribution >= 4 is 21.7 Å². The number of hydrogen-bond donors (Lipinski definition) is 2. The minimum atomic E-state index is -3.80. The van der Waals surface area contributed by atoms with Gasteiger partial charge in [-0.2, -0.15) is 0 Å². The topological polar surface area (TPSA) is 92.7 Å².